The molecule has 0 N–H and O–H groups in total. The average Bonchev–Trinajstić information content (AvgIpc) is 2.27. The minimum absolute atomic E-state index is 0.495. The van der Waals surface area contributed by atoms with Gasteiger partial charge in [0.05, 0.1) is 7.11 Å². The van der Waals surface area contributed by atoms with Crippen LogP contribution in [0, 0.1) is 0 Å². The monoisotopic (exact) mass is 286 g/mol. The van der Waals surface area contributed by atoms with E-state index in [4.69, 9.17) is 0 Å². The number of halogens is 5. The van der Waals surface area contributed by atoms with Crippen LogP contribution in [0.5, 0.6) is 11.5 Å². The summed E-state index contributed by atoms with van der Waals surface area (Å²) in [5, 5.41) is 0. The Balaban J connectivity index is 3.13. The first-order valence-electron chi connectivity index (χ1n) is 4.66. The first-order valence-corrected chi connectivity index (χ1v) is 4.66. The van der Waals surface area contributed by atoms with Gasteiger partial charge in [0.1, 0.15) is 17.1 Å². The average molecular weight is 286 g/mol. The molecule has 0 saturated carbocycles. The molecular formula is C10H7F5O4. The molecule has 0 aliphatic heterocycles. The van der Waals surface area contributed by atoms with Gasteiger partial charge in [-0.1, -0.05) is 0 Å². The van der Waals surface area contributed by atoms with E-state index in [1.807, 2.05) is 0 Å². The number of benzene rings is 1. The van der Waals surface area contributed by atoms with Crippen molar-refractivity contribution in [1.29, 1.82) is 0 Å². The van der Waals surface area contributed by atoms with Crippen molar-refractivity contribution in [1.82, 2.24) is 0 Å². The van der Waals surface area contributed by atoms with Crippen LogP contribution in [-0.4, -0.2) is 26.1 Å². The minimum Gasteiger partial charge on any atom is -0.465 e. The second kappa shape index (κ2) is 5.72. The van der Waals surface area contributed by atoms with E-state index >= 15 is 0 Å². The fourth-order valence-electron chi connectivity index (χ4n) is 1.17. The van der Waals surface area contributed by atoms with Gasteiger partial charge < -0.3 is 14.2 Å². The molecule has 9 heteroatoms. The summed E-state index contributed by atoms with van der Waals surface area (Å²) in [6, 6.07) is 2.15. The summed E-state index contributed by atoms with van der Waals surface area (Å²) in [6.45, 7) is -3.18. The van der Waals surface area contributed by atoms with Crippen molar-refractivity contribution in [2.75, 3.05) is 7.11 Å². The Morgan fingerprint density at radius 3 is 2.37 bits per heavy atom. The SMILES string of the molecule is COC(=O)c1cc(OC(F)F)ccc1OC(F)(F)F. The molecule has 1 aromatic carbocycles. The summed E-state index contributed by atoms with van der Waals surface area (Å²) in [7, 11) is 0.917. The lowest BCUT2D eigenvalue weighted by molar-refractivity contribution is -0.274. The van der Waals surface area contributed by atoms with Gasteiger partial charge in [-0.3, -0.25) is 0 Å². The second-order valence-corrected chi connectivity index (χ2v) is 3.08. The second-order valence-electron chi connectivity index (χ2n) is 3.08. The summed E-state index contributed by atoms with van der Waals surface area (Å²) in [4.78, 5) is 11.2. The van der Waals surface area contributed by atoms with Gasteiger partial charge >= 0.3 is 18.9 Å². The third-order valence-corrected chi connectivity index (χ3v) is 1.81. The molecule has 0 bridgehead atoms. The molecule has 0 saturated heterocycles. The van der Waals surface area contributed by atoms with Crippen LogP contribution >= 0.6 is 0 Å². The maximum Gasteiger partial charge on any atom is 0.573 e. The molecule has 0 atom stereocenters. The zero-order chi connectivity index (χ0) is 14.6. The Morgan fingerprint density at radius 2 is 1.89 bits per heavy atom. The highest BCUT2D eigenvalue weighted by atomic mass is 19.4. The molecule has 0 spiro atoms. The van der Waals surface area contributed by atoms with Crippen LogP contribution in [0.15, 0.2) is 18.2 Å². The lowest BCUT2D eigenvalue weighted by Gasteiger charge is -2.13. The largest absolute Gasteiger partial charge is 0.573 e. The van der Waals surface area contributed by atoms with Crippen molar-refractivity contribution in [3.05, 3.63) is 23.8 Å². The fourth-order valence-corrected chi connectivity index (χ4v) is 1.17. The lowest BCUT2D eigenvalue weighted by Crippen LogP contribution is -2.19. The molecule has 0 aliphatic rings. The summed E-state index contributed by atoms with van der Waals surface area (Å²) in [5.41, 5.74) is -0.682. The summed E-state index contributed by atoms with van der Waals surface area (Å²) < 4.78 is 71.9. The minimum atomic E-state index is -5.03. The molecule has 106 valence electrons. The van der Waals surface area contributed by atoms with Crippen molar-refractivity contribution in [2.45, 2.75) is 13.0 Å². The molecule has 1 aromatic rings. The first kappa shape index (κ1) is 15.0. The van der Waals surface area contributed by atoms with E-state index in [0.29, 0.717) is 12.1 Å². The molecule has 0 fully saturated rings. The van der Waals surface area contributed by atoms with Gasteiger partial charge in [0, 0.05) is 0 Å². The Kier molecular flexibility index (Phi) is 4.52. The molecule has 19 heavy (non-hydrogen) atoms. The van der Waals surface area contributed by atoms with Crippen molar-refractivity contribution in [3.8, 4) is 11.5 Å². The predicted molar refractivity (Wildman–Crippen MR) is 51.1 cm³/mol. The van der Waals surface area contributed by atoms with Crippen LogP contribution in [-0.2, 0) is 4.74 Å². The van der Waals surface area contributed by atoms with Crippen molar-refractivity contribution >= 4 is 5.97 Å². The number of methoxy groups -OCH3 is 1. The standard InChI is InChI=1S/C10H7F5O4/c1-17-8(16)6-4-5(18-9(11)12)2-3-7(6)19-10(13,14)15/h2-4,9H,1H3. The molecule has 0 unspecified atom stereocenters. The Morgan fingerprint density at radius 1 is 1.26 bits per heavy atom. The smallest absolute Gasteiger partial charge is 0.465 e. The van der Waals surface area contributed by atoms with Crippen LogP contribution in [0.25, 0.3) is 0 Å². The van der Waals surface area contributed by atoms with Crippen molar-refractivity contribution in [2.24, 2.45) is 0 Å². The number of hydrogen-bond donors (Lipinski definition) is 0. The predicted octanol–water partition coefficient (Wildman–Crippen LogP) is 2.97. The van der Waals surface area contributed by atoms with Gasteiger partial charge in [0.2, 0.25) is 0 Å². The molecule has 0 aromatic heterocycles. The molecule has 0 amide bonds. The third-order valence-electron chi connectivity index (χ3n) is 1.81. The third kappa shape index (κ3) is 4.60. The fraction of sp³-hybridized carbons (Fsp3) is 0.300. The number of ether oxygens (including phenoxy) is 3. The Bertz CT molecular complexity index is 458. The van der Waals surface area contributed by atoms with Gasteiger partial charge in [-0.05, 0) is 18.2 Å². The van der Waals surface area contributed by atoms with E-state index in [0.717, 1.165) is 13.2 Å². The highest BCUT2D eigenvalue weighted by Crippen LogP contribution is 2.30. The van der Waals surface area contributed by atoms with Gasteiger partial charge in [0.15, 0.2) is 0 Å². The molecule has 0 aliphatic carbocycles. The summed E-state index contributed by atoms with van der Waals surface area (Å²) >= 11 is 0. The topological polar surface area (TPSA) is 44.8 Å². The molecule has 1 rings (SSSR count). The molecule has 0 radical (unpaired) electrons. The zero-order valence-corrected chi connectivity index (χ0v) is 9.33. The number of hydrogen-bond acceptors (Lipinski definition) is 4. The van der Waals surface area contributed by atoms with E-state index in [1.54, 1.807) is 0 Å². The van der Waals surface area contributed by atoms with Crippen LogP contribution in [0.2, 0.25) is 0 Å². The van der Waals surface area contributed by atoms with Gasteiger partial charge in [0.25, 0.3) is 0 Å². The van der Waals surface area contributed by atoms with Gasteiger partial charge in [-0.2, -0.15) is 8.78 Å². The van der Waals surface area contributed by atoms with Crippen LogP contribution in [0.4, 0.5) is 22.0 Å². The first-order chi connectivity index (χ1) is 8.73. The summed E-state index contributed by atoms with van der Waals surface area (Å²) in [6.07, 6.45) is -5.03. The van der Waals surface area contributed by atoms with Crippen molar-refractivity contribution < 1.29 is 41.0 Å². The normalized spacial score (nSPS) is 11.3. The molecule has 4 nitrogen and oxygen atoms in total. The van der Waals surface area contributed by atoms with Gasteiger partial charge in [-0.25, -0.2) is 4.79 Å². The van der Waals surface area contributed by atoms with E-state index in [9.17, 15) is 26.7 Å². The quantitative estimate of drug-likeness (QED) is 0.630. The van der Waals surface area contributed by atoms with Crippen molar-refractivity contribution in [3.63, 3.8) is 0 Å². The molecule has 0 heterocycles. The number of carbonyl (C=O) groups excluding carboxylic acids is 1. The number of carbonyl (C=O) groups is 1. The Labute approximate surface area is 103 Å². The number of esters is 1. The van der Waals surface area contributed by atoms with Gasteiger partial charge in [-0.15, -0.1) is 13.2 Å². The highest BCUT2D eigenvalue weighted by Gasteiger charge is 2.33. The summed E-state index contributed by atoms with van der Waals surface area (Å²) in [5.74, 6) is -2.55. The zero-order valence-electron chi connectivity index (χ0n) is 9.33. The van der Waals surface area contributed by atoms with E-state index in [1.165, 1.54) is 0 Å². The highest BCUT2D eigenvalue weighted by molar-refractivity contribution is 5.93. The van der Waals surface area contributed by atoms with E-state index in [-0.39, 0.29) is 0 Å². The maximum absolute atomic E-state index is 12.1. The number of rotatable bonds is 4. The number of alkyl halides is 5. The van der Waals surface area contributed by atoms with Crippen LogP contribution < -0.4 is 9.47 Å². The van der Waals surface area contributed by atoms with Crippen LogP contribution in [0.1, 0.15) is 10.4 Å². The molecular weight excluding hydrogens is 279 g/mol. The maximum atomic E-state index is 12.1. The van der Waals surface area contributed by atoms with E-state index < -0.39 is 36.0 Å². The van der Waals surface area contributed by atoms with E-state index in [2.05, 4.69) is 14.2 Å². The Hall–Kier alpha value is -2.06. The van der Waals surface area contributed by atoms with Crippen LogP contribution in [0.3, 0.4) is 0 Å². The lowest BCUT2D eigenvalue weighted by atomic mass is 10.2.